The Morgan fingerprint density at radius 1 is 1.21 bits per heavy atom. The number of benzene rings is 1. The Bertz CT molecular complexity index is 574. The number of carbonyl (C=O) groups is 1. The van der Waals surface area contributed by atoms with Crippen LogP contribution < -0.4 is 9.64 Å². The van der Waals surface area contributed by atoms with Crippen LogP contribution in [0.1, 0.15) is 39.5 Å². The van der Waals surface area contributed by atoms with E-state index in [-0.39, 0.29) is 12.0 Å². The van der Waals surface area contributed by atoms with Gasteiger partial charge in [0.1, 0.15) is 11.9 Å². The van der Waals surface area contributed by atoms with E-state index >= 15 is 0 Å². The summed E-state index contributed by atoms with van der Waals surface area (Å²) >= 11 is 0. The molecule has 0 bridgehead atoms. The van der Waals surface area contributed by atoms with E-state index in [1.54, 1.807) is 0 Å². The Hall–Kier alpha value is -1.97. The van der Waals surface area contributed by atoms with Gasteiger partial charge in [0.2, 0.25) is 5.91 Å². The quantitative estimate of drug-likeness (QED) is 0.823. The molecule has 0 radical (unpaired) electrons. The van der Waals surface area contributed by atoms with Crippen LogP contribution in [0.15, 0.2) is 36.5 Å². The van der Waals surface area contributed by atoms with Crippen molar-refractivity contribution in [3.63, 3.8) is 0 Å². The minimum atomic E-state index is 0.134. The van der Waals surface area contributed by atoms with Crippen molar-refractivity contribution in [3.8, 4) is 5.75 Å². The van der Waals surface area contributed by atoms with E-state index in [0.29, 0.717) is 5.91 Å². The molecule has 2 aliphatic rings. The fourth-order valence-electron chi connectivity index (χ4n) is 3.29. The summed E-state index contributed by atoms with van der Waals surface area (Å²) in [4.78, 5) is 16.5. The molecule has 4 nitrogen and oxygen atoms in total. The molecule has 2 heterocycles. The molecule has 1 unspecified atom stereocenters. The molecule has 3 rings (SSSR count). The van der Waals surface area contributed by atoms with Crippen LogP contribution in [0.5, 0.6) is 5.75 Å². The molecule has 0 spiro atoms. The van der Waals surface area contributed by atoms with Crippen LogP contribution in [0.3, 0.4) is 0 Å². The van der Waals surface area contributed by atoms with Gasteiger partial charge in [-0.25, -0.2) is 0 Å². The Labute approximate surface area is 145 Å². The van der Waals surface area contributed by atoms with Crippen LogP contribution >= 0.6 is 0 Å². The van der Waals surface area contributed by atoms with E-state index in [2.05, 4.69) is 48.4 Å². The summed E-state index contributed by atoms with van der Waals surface area (Å²) in [6, 6.07) is 8.34. The summed E-state index contributed by atoms with van der Waals surface area (Å²) in [5.41, 5.74) is 1.21. The summed E-state index contributed by atoms with van der Waals surface area (Å²) in [6.45, 7) is 6.76. The zero-order valence-electron chi connectivity index (χ0n) is 14.8. The number of piperidine rings is 1. The van der Waals surface area contributed by atoms with Crippen molar-refractivity contribution in [2.24, 2.45) is 5.92 Å². The second-order valence-corrected chi connectivity index (χ2v) is 6.81. The molecular formula is C20H28N2O2. The lowest BCUT2D eigenvalue weighted by molar-refractivity contribution is -0.136. The predicted octanol–water partition coefficient (Wildman–Crippen LogP) is 3.83. The first-order valence-electron chi connectivity index (χ1n) is 9.16. The van der Waals surface area contributed by atoms with Gasteiger partial charge in [0.05, 0.1) is 0 Å². The van der Waals surface area contributed by atoms with Crippen LogP contribution in [-0.4, -0.2) is 36.5 Å². The molecule has 0 aromatic heterocycles. The van der Waals surface area contributed by atoms with Gasteiger partial charge in [0.25, 0.3) is 0 Å². The summed E-state index contributed by atoms with van der Waals surface area (Å²) < 4.78 is 6.11. The number of hydrogen-bond donors (Lipinski definition) is 0. The Morgan fingerprint density at radius 2 is 1.92 bits per heavy atom. The van der Waals surface area contributed by atoms with Crippen molar-refractivity contribution in [1.82, 2.24) is 4.90 Å². The van der Waals surface area contributed by atoms with Crippen molar-refractivity contribution in [2.75, 3.05) is 24.5 Å². The minimum Gasteiger partial charge on any atom is -0.490 e. The highest BCUT2D eigenvalue weighted by atomic mass is 16.5. The maximum Gasteiger partial charge on any atom is 0.225 e. The molecule has 1 aromatic carbocycles. The lowest BCUT2D eigenvalue weighted by Gasteiger charge is -2.33. The Morgan fingerprint density at radius 3 is 2.50 bits per heavy atom. The van der Waals surface area contributed by atoms with Gasteiger partial charge in [-0.1, -0.05) is 19.9 Å². The number of ether oxygens (including phenoxy) is 1. The lowest BCUT2D eigenvalue weighted by atomic mass is 10.0. The van der Waals surface area contributed by atoms with Gasteiger partial charge in [-0.15, -0.1) is 0 Å². The molecule has 0 saturated carbocycles. The number of carbonyl (C=O) groups excluding carboxylic acids is 1. The average molecular weight is 328 g/mol. The number of likely N-dealkylation sites (tertiary alicyclic amines) is 1. The summed E-state index contributed by atoms with van der Waals surface area (Å²) in [5.74, 6) is 1.35. The minimum absolute atomic E-state index is 0.134. The molecule has 2 aliphatic heterocycles. The normalized spacial score (nSPS) is 19.6. The topological polar surface area (TPSA) is 32.8 Å². The molecule has 0 N–H and O–H groups in total. The van der Waals surface area contributed by atoms with Crippen LogP contribution in [0.4, 0.5) is 5.69 Å². The molecule has 1 amide bonds. The highest BCUT2D eigenvalue weighted by Crippen LogP contribution is 2.25. The fraction of sp³-hybridized carbons (Fsp3) is 0.550. The van der Waals surface area contributed by atoms with Crippen molar-refractivity contribution < 1.29 is 9.53 Å². The molecule has 24 heavy (non-hydrogen) atoms. The average Bonchev–Trinajstić information content (AvgIpc) is 3.16. The van der Waals surface area contributed by atoms with E-state index < -0.39 is 0 Å². The number of hydrogen-bond acceptors (Lipinski definition) is 3. The third-order valence-electron chi connectivity index (χ3n) is 5.08. The summed E-state index contributed by atoms with van der Waals surface area (Å²) in [7, 11) is 0. The molecule has 130 valence electrons. The first-order valence-corrected chi connectivity index (χ1v) is 9.16. The first kappa shape index (κ1) is 16.9. The molecule has 4 heteroatoms. The van der Waals surface area contributed by atoms with Crippen LogP contribution in [-0.2, 0) is 4.79 Å². The maximum atomic E-state index is 12.2. The molecule has 1 fully saturated rings. The number of rotatable bonds is 5. The fourth-order valence-corrected chi connectivity index (χ4v) is 3.29. The lowest BCUT2D eigenvalue weighted by Crippen LogP contribution is -2.43. The van der Waals surface area contributed by atoms with Gasteiger partial charge in [-0.05, 0) is 37.1 Å². The Kier molecular flexibility index (Phi) is 5.44. The third kappa shape index (κ3) is 3.92. The number of nitrogens with zero attached hydrogens (tertiary/aromatic N) is 2. The van der Waals surface area contributed by atoms with Crippen molar-refractivity contribution >= 4 is 11.6 Å². The predicted molar refractivity (Wildman–Crippen MR) is 97.2 cm³/mol. The second-order valence-electron chi connectivity index (χ2n) is 6.81. The molecule has 0 aliphatic carbocycles. The zero-order chi connectivity index (χ0) is 16.9. The summed E-state index contributed by atoms with van der Waals surface area (Å²) in [5, 5.41) is 0. The van der Waals surface area contributed by atoms with E-state index in [0.717, 1.165) is 51.1 Å². The number of anilines is 1. The van der Waals surface area contributed by atoms with Crippen LogP contribution in [0.25, 0.3) is 0 Å². The van der Waals surface area contributed by atoms with Crippen LogP contribution in [0.2, 0.25) is 0 Å². The summed E-state index contributed by atoms with van der Waals surface area (Å²) in [6.07, 6.45) is 8.40. The number of amides is 1. The third-order valence-corrected chi connectivity index (χ3v) is 5.08. The highest BCUT2D eigenvalue weighted by molar-refractivity contribution is 5.78. The van der Waals surface area contributed by atoms with Crippen molar-refractivity contribution in [3.05, 3.63) is 36.5 Å². The van der Waals surface area contributed by atoms with Gasteiger partial charge < -0.3 is 14.5 Å². The highest BCUT2D eigenvalue weighted by Gasteiger charge is 2.26. The van der Waals surface area contributed by atoms with Gasteiger partial charge in [0, 0.05) is 50.3 Å². The van der Waals surface area contributed by atoms with E-state index in [1.165, 1.54) is 5.69 Å². The molecule has 1 atom stereocenters. The van der Waals surface area contributed by atoms with Crippen molar-refractivity contribution in [1.29, 1.82) is 0 Å². The van der Waals surface area contributed by atoms with Gasteiger partial charge in [-0.3, -0.25) is 4.79 Å². The van der Waals surface area contributed by atoms with E-state index in [4.69, 9.17) is 4.74 Å². The molecule has 1 aromatic rings. The monoisotopic (exact) mass is 328 g/mol. The van der Waals surface area contributed by atoms with Gasteiger partial charge in [0.15, 0.2) is 0 Å². The second kappa shape index (κ2) is 7.73. The molecular weight excluding hydrogens is 300 g/mol. The first-order chi connectivity index (χ1) is 11.7. The molecule has 1 saturated heterocycles. The van der Waals surface area contributed by atoms with Crippen LogP contribution in [0, 0.1) is 5.92 Å². The van der Waals surface area contributed by atoms with Crippen molar-refractivity contribution in [2.45, 2.75) is 45.6 Å². The maximum absolute atomic E-state index is 12.2. The SMILES string of the molecule is CCC(C)C(=O)N1CCC(Oc2ccc(N3C=CCC3)cc2)CC1. The van der Waals surface area contributed by atoms with Gasteiger partial charge >= 0.3 is 0 Å². The smallest absolute Gasteiger partial charge is 0.225 e. The standard InChI is InChI=1S/C20H28N2O2/c1-3-16(2)20(23)22-14-10-19(11-15-22)24-18-8-6-17(7-9-18)21-12-4-5-13-21/h4,6-9,12,16,19H,3,5,10-11,13-15H2,1-2H3. The largest absolute Gasteiger partial charge is 0.490 e. The van der Waals surface area contributed by atoms with Gasteiger partial charge in [-0.2, -0.15) is 0 Å². The van der Waals surface area contributed by atoms with E-state index in [9.17, 15) is 4.79 Å². The Balaban J connectivity index is 1.49. The van der Waals surface area contributed by atoms with E-state index in [1.807, 2.05) is 11.8 Å². The zero-order valence-corrected chi connectivity index (χ0v) is 14.8.